The molecule has 1 N–H and O–H groups in total. The van der Waals surface area contributed by atoms with Crippen molar-refractivity contribution in [2.24, 2.45) is 0 Å². The van der Waals surface area contributed by atoms with Crippen molar-refractivity contribution in [1.82, 2.24) is 0 Å². The molecule has 0 saturated heterocycles. The molecule has 15 heavy (non-hydrogen) atoms. The first kappa shape index (κ1) is 12.3. The van der Waals surface area contributed by atoms with E-state index in [1.165, 1.54) is 0 Å². The fraction of sp³-hybridized carbons (Fsp3) is 0.455. The first-order valence-electron chi connectivity index (χ1n) is 4.66. The summed E-state index contributed by atoms with van der Waals surface area (Å²) in [7, 11) is 3.21. The summed E-state index contributed by atoms with van der Waals surface area (Å²) in [5, 5.41) is 9.12. The molecule has 1 unspecified atom stereocenters. The summed E-state index contributed by atoms with van der Waals surface area (Å²) in [4.78, 5) is 0. The number of aliphatic hydroxyl groups excluding tert-OH is 1. The van der Waals surface area contributed by atoms with Crippen LogP contribution in [0.4, 0.5) is 0 Å². The maximum Gasteiger partial charge on any atom is 0.136 e. The van der Waals surface area contributed by atoms with Crippen molar-refractivity contribution in [3.05, 3.63) is 22.2 Å². The fourth-order valence-corrected chi connectivity index (χ4v) is 1.89. The number of ether oxygens (including phenoxy) is 2. The van der Waals surface area contributed by atoms with E-state index in [4.69, 9.17) is 14.6 Å². The molecule has 0 fully saturated rings. The summed E-state index contributed by atoms with van der Waals surface area (Å²) >= 11 is 3.41. The van der Waals surface area contributed by atoms with Crippen LogP contribution in [0.1, 0.15) is 18.4 Å². The molecule has 0 bridgehead atoms. The number of rotatable bonds is 4. The molecule has 1 aromatic carbocycles. The first-order valence-corrected chi connectivity index (χ1v) is 5.45. The normalized spacial score (nSPS) is 12.3. The Bertz CT molecular complexity index is 339. The Morgan fingerprint density at radius 3 is 2.33 bits per heavy atom. The summed E-state index contributed by atoms with van der Waals surface area (Å²) < 4.78 is 11.3. The molecule has 0 aliphatic heterocycles. The quantitative estimate of drug-likeness (QED) is 0.917. The largest absolute Gasteiger partial charge is 0.496 e. The van der Waals surface area contributed by atoms with Gasteiger partial charge in [0, 0.05) is 24.2 Å². The van der Waals surface area contributed by atoms with Crippen molar-refractivity contribution < 1.29 is 14.6 Å². The summed E-state index contributed by atoms with van der Waals surface area (Å²) in [6, 6.07) is 3.73. The number of benzene rings is 1. The van der Waals surface area contributed by atoms with E-state index in [1.54, 1.807) is 14.2 Å². The van der Waals surface area contributed by atoms with Gasteiger partial charge in [0.25, 0.3) is 0 Å². The third-order valence-corrected chi connectivity index (χ3v) is 2.93. The van der Waals surface area contributed by atoms with Crippen LogP contribution in [0.5, 0.6) is 11.5 Å². The monoisotopic (exact) mass is 274 g/mol. The van der Waals surface area contributed by atoms with Gasteiger partial charge in [-0.3, -0.25) is 0 Å². The molecule has 0 aromatic heterocycles. The molecule has 0 radical (unpaired) electrons. The molecule has 0 saturated carbocycles. The Kier molecular flexibility index (Phi) is 4.42. The molecule has 1 rings (SSSR count). The van der Waals surface area contributed by atoms with Gasteiger partial charge in [0.05, 0.1) is 18.7 Å². The van der Waals surface area contributed by atoms with Crippen LogP contribution in [-0.2, 0) is 0 Å². The van der Waals surface area contributed by atoms with Crippen LogP contribution >= 0.6 is 15.9 Å². The number of halogens is 1. The van der Waals surface area contributed by atoms with Crippen LogP contribution in [-0.4, -0.2) is 25.9 Å². The van der Waals surface area contributed by atoms with E-state index in [1.807, 2.05) is 19.1 Å². The highest BCUT2D eigenvalue weighted by Gasteiger charge is 2.14. The zero-order valence-corrected chi connectivity index (χ0v) is 10.7. The second kappa shape index (κ2) is 5.37. The second-order valence-electron chi connectivity index (χ2n) is 3.31. The third kappa shape index (κ3) is 2.63. The molecular formula is C11H15BrO3. The third-order valence-electron chi connectivity index (χ3n) is 2.31. The number of hydrogen-bond donors (Lipinski definition) is 1. The molecule has 0 amide bonds. The van der Waals surface area contributed by atoms with E-state index in [-0.39, 0.29) is 12.5 Å². The smallest absolute Gasteiger partial charge is 0.136 e. The Labute approximate surface area is 98.1 Å². The number of aliphatic hydroxyl groups is 1. The zero-order valence-electron chi connectivity index (χ0n) is 9.08. The molecule has 0 spiro atoms. The van der Waals surface area contributed by atoms with Crippen LogP contribution in [0.2, 0.25) is 0 Å². The SMILES string of the molecule is COc1cc(OC)c(C(C)CO)cc1Br. The van der Waals surface area contributed by atoms with Gasteiger partial charge in [0.15, 0.2) is 0 Å². The van der Waals surface area contributed by atoms with Gasteiger partial charge in [-0.1, -0.05) is 6.92 Å². The van der Waals surface area contributed by atoms with Crippen molar-refractivity contribution in [2.75, 3.05) is 20.8 Å². The van der Waals surface area contributed by atoms with Gasteiger partial charge in [-0.2, -0.15) is 0 Å². The average molecular weight is 275 g/mol. The summed E-state index contributed by atoms with van der Waals surface area (Å²) in [5.74, 6) is 1.50. The lowest BCUT2D eigenvalue weighted by Crippen LogP contribution is -2.02. The highest BCUT2D eigenvalue weighted by atomic mass is 79.9. The van der Waals surface area contributed by atoms with E-state index in [9.17, 15) is 0 Å². The Morgan fingerprint density at radius 1 is 1.27 bits per heavy atom. The molecule has 1 atom stereocenters. The Balaban J connectivity index is 3.21. The molecule has 0 heterocycles. The summed E-state index contributed by atoms with van der Waals surface area (Å²) in [5.41, 5.74) is 0.965. The predicted octanol–water partition coefficient (Wildman–Crippen LogP) is 2.56. The van der Waals surface area contributed by atoms with Crippen molar-refractivity contribution in [3.63, 3.8) is 0 Å². The topological polar surface area (TPSA) is 38.7 Å². The zero-order chi connectivity index (χ0) is 11.4. The van der Waals surface area contributed by atoms with Gasteiger partial charge in [-0.05, 0) is 22.0 Å². The van der Waals surface area contributed by atoms with E-state index >= 15 is 0 Å². The Hall–Kier alpha value is -0.740. The van der Waals surface area contributed by atoms with Crippen LogP contribution in [0.15, 0.2) is 16.6 Å². The van der Waals surface area contributed by atoms with Gasteiger partial charge in [-0.25, -0.2) is 0 Å². The number of methoxy groups -OCH3 is 2. The highest BCUT2D eigenvalue weighted by Crippen LogP contribution is 2.36. The van der Waals surface area contributed by atoms with E-state index in [0.717, 1.165) is 21.5 Å². The predicted molar refractivity (Wildman–Crippen MR) is 62.7 cm³/mol. The maximum atomic E-state index is 9.12. The molecule has 3 nitrogen and oxygen atoms in total. The highest BCUT2D eigenvalue weighted by molar-refractivity contribution is 9.10. The summed E-state index contributed by atoms with van der Waals surface area (Å²) in [6.07, 6.45) is 0. The minimum absolute atomic E-state index is 0.0437. The molecule has 1 aromatic rings. The number of hydrogen-bond acceptors (Lipinski definition) is 3. The van der Waals surface area contributed by atoms with Crippen molar-refractivity contribution >= 4 is 15.9 Å². The molecule has 0 aliphatic rings. The van der Waals surface area contributed by atoms with Crippen molar-refractivity contribution in [3.8, 4) is 11.5 Å². The second-order valence-corrected chi connectivity index (χ2v) is 4.17. The lowest BCUT2D eigenvalue weighted by Gasteiger charge is -2.15. The lowest BCUT2D eigenvalue weighted by atomic mass is 10.0. The van der Waals surface area contributed by atoms with Gasteiger partial charge in [0.2, 0.25) is 0 Å². The van der Waals surface area contributed by atoms with E-state index < -0.39 is 0 Å². The summed E-state index contributed by atoms with van der Waals surface area (Å²) in [6.45, 7) is 2.03. The fourth-order valence-electron chi connectivity index (χ4n) is 1.37. The van der Waals surface area contributed by atoms with Gasteiger partial charge >= 0.3 is 0 Å². The lowest BCUT2D eigenvalue weighted by molar-refractivity contribution is 0.269. The van der Waals surface area contributed by atoms with E-state index in [2.05, 4.69) is 15.9 Å². The Morgan fingerprint density at radius 2 is 1.87 bits per heavy atom. The van der Waals surface area contributed by atoms with Crippen LogP contribution in [0, 0.1) is 0 Å². The molecule has 4 heteroatoms. The molecule has 84 valence electrons. The molecule has 0 aliphatic carbocycles. The van der Waals surface area contributed by atoms with Gasteiger partial charge in [-0.15, -0.1) is 0 Å². The van der Waals surface area contributed by atoms with E-state index in [0.29, 0.717) is 0 Å². The van der Waals surface area contributed by atoms with Crippen LogP contribution in [0.25, 0.3) is 0 Å². The van der Waals surface area contributed by atoms with Crippen LogP contribution in [0.3, 0.4) is 0 Å². The van der Waals surface area contributed by atoms with Crippen molar-refractivity contribution in [1.29, 1.82) is 0 Å². The first-order chi connectivity index (χ1) is 7.13. The van der Waals surface area contributed by atoms with Gasteiger partial charge < -0.3 is 14.6 Å². The average Bonchev–Trinajstić information content (AvgIpc) is 2.27. The maximum absolute atomic E-state index is 9.12. The van der Waals surface area contributed by atoms with Crippen LogP contribution < -0.4 is 9.47 Å². The minimum Gasteiger partial charge on any atom is -0.496 e. The van der Waals surface area contributed by atoms with Crippen molar-refractivity contribution in [2.45, 2.75) is 12.8 Å². The van der Waals surface area contributed by atoms with Gasteiger partial charge in [0.1, 0.15) is 11.5 Å². The molecular weight excluding hydrogens is 260 g/mol. The standard InChI is InChI=1S/C11H15BrO3/c1-7(6-13)8-4-9(12)11(15-3)5-10(8)14-2/h4-5,7,13H,6H2,1-3H3. The minimum atomic E-state index is 0.0437.